The third kappa shape index (κ3) is 5.23. The molecule has 4 rings (SSSR count). The Kier molecular flexibility index (Phi) is 7.07. The van der Waals surface area contributed by atoms with Crippen LogP contribution in [0.1, 0.15) is 18.4 Å². The highest BCUT2D eigenvalue weighted by Crippen LogP contribution is 2.23. The fraction of sp³-hybridized carbons (Fsp3) is 0.500. The van der Waals surface area contributed by atoms with Gasteiger partial charge in [-0.2, -0.15) is 0 Å². The first kappa shape index (κ1) is 20.9. The van der Waals surface area contributed by atoms with Crippen molar-refractivity contribution >= 4 is 29.3 Å². The van der Waals surface area contributed by atoms with Crippen LogP contribution < -0.4 is 15.1 Å². The highest BCUT2D eigenvalue weighted by molar-refractivity contribution is 7.98. The fourth-order valence-corrected chi connectivity index (χ4v) is 4.33. The Balaban J connectivity index is 1.31. The number of aromatic nitrogens is 2. The smallest absolute Gasteiger partial charge is 0.225 e. The summed E-state index contributed by atoms with van der Waals surface area (Å²) in [6, 6.07) is 12.4. The number of piperidine rings is 1. The molecule has 1 atom stereocenters. The minimum absolute atomic E-state index is 0.0232. The number of nitrogens with one attached hydrogen (secondary N) is 1. The number of anilines is 2. The van der Waals surface area contributed by atoms with Crippen molar-refractivity contribution in [2.24, 2.45) is 5.92 Å². The highest BCUT2D eigenvalue weighted by Gasteiger charge is 2.26. The lowest BCUT2D eigenvalue weighted by atomic mass is 9.97. The molecule has 160 valence electrons. The monoisotopic (exact) mass is 427 g/mol. The molecule has 1 aromatic heterocycles. The van der Waals surface area contributed by atoms with Gasteiger partial charge >= 0.3 is 0 Å². The van der Waals surface area contributed by atoms with E-state index >= 15 is 0 Å². The third-order valence-corrected chi connectivity index (χ3v) is 6.46. The number of carbonyl (C=O) groups is 1. The molecule has 1 N–H and O–H groups in total. The van der Waals surface area contributed by atoms with E-state index in [0.717, 1.165) is 62.9 Å². The lowest BCUT2D eigenvalue weighted by Gasteiger charge is -2.33. The predicted molar refractivity (Wildman–Crippen MR) is 120 cm³/mol. The van der Waals surface area contributed by atoms with Gasteiger partial charge in [-0.1, -0.05) is 12.1 Å². The van der Waals surface area contributed by atoms with Crippen molar-refractivity contribution in [3.63, 3.8) is 0 Å². The first-order valence-electron chi connectivity index (χ1n) is 10.5. The molecule has 2 aromatic rings. The van der Waals surface area contributed by atoms with E-state index in [1.807, 2.05) is 12.1 Å². The van der Waals surface area contributed by atoms with Crippen LogP contribution >= 0.6 is 11.8 Å². The van der Waals surface area contributed by atoms with Crippen LogP contribution in [-0.4, -0.2) is 61.8 Å². The molecule has 2 aliphatic heterocycles. The summed E-state index contributed by atoms with van der Waals surface area (Å²) >= 11 is 1.72. The Bertz CT molecular complexity index is 824. The number of morpholine rings is 1. The number of ether oxygens (including phenoxy) is 1. The summed E-state index contributed by atoms with van der Waals surface area (Å²) in [6.45, 7) is 5.31. The van der Waals surface area contributed by atoms with Crippen molar-refractivity contribution in [3.8, 4) is 0 Å². The zero-order valence-corrected chi connectivity index (χ0v) is 18.2. The number of benzene rings is 1. The van der Waals surface area contributed by atoms with Gasteiger partial charge < -0.3 is 19.9 Å². The van der Waals surface area contributed by atoms with E-state index in [0.29, 0.717) is 13.1 Å². The van der Waals surface area contributed by atoms with Crippen LogP contribution in [0.4, 0.5) is 11.6 Å². The Morgan fingerprint density at radius 2 is 1.77 bits per heavy atom. The molecule has 30 heavy (non-hydrogen) atoms. The minimum atomic E-state index is -0.0232. The number of nitrogens with zero attached hydrogens (tertiary/aromatic N) is 4. The Morgan fingerprint density at radius 3 is 2.43 bits per heavy atom. The maximum absolute atomic E-state index is 12.7. The van der Waals surface area contributed by atoms with Gasteiger partial charge in [-0.25, -0.2) is 0 Å². The van der Waals surface area contributed by atoms with E-state index in [1.165, 1.54) is 4.90 Å². The number of hydrogen-bond acceptors (Lipinski definition) is 7. The molecule has 0 bridgehead atoms. The number of rotatable bonds is 6. The van der Waals surface area contributed by atoms with Crippen LogP contribution in [0.15, 0.2) is 41.3 Å². The summed E-state index contributed by atoms with van der Waals surface area (Å²) in [5.74, 6) is 1.83. The molecule has 2 saturated heterocycles. The summed E-state index contributed by atoms with van der Waals surface area (Å²) in [5.41, 5.74) is 1.12. The normalized spacial score (nSPS) is 19.6. The van der Waals surface area contributed by atoms with Crippen molar-refractivity contribution in [1.82, 2.24) is 15.5 Å². The summed E-state index contributed by atoms with van der Waals surface area (Å²) in [4.78, 5) is 18.3. The van der Waals surface area contributed by atoms with Crippen molar-refractivity contribution in [3.05, 3.63) is 42.0 Å². The van der Waals surface area contributed by atoms with Crippen molar-refractivity contribution in [2.45, 2.75) is 24.3 Å². The average Bonchev–Trinajstić information content (AvgIpc) is 2.83. The molecule has 0 saturated carbocycles. The number of carbonyl (C=O) groups excluding carboxylic acids is 1. The molecule has 0 aliphatic carbocycles. The molecule has 7 nitrogen and oxygen atoms in total. The molecule has 3 heterocycles. The van der Waals surface area contributed by atoms with Gasteiger partial charge in [-0.3, -0.25) is 4.79 Å². The molecular weight excluding hydrogens is 398 g/mol. The van der Waals surface area contributed by atoms with Gasteiger partial charge in [0.15, 0.2) is 11.6 Å². The molecule has 2 aliphatic rings. The molecule has 2 fully saturated rings. The second-order valence-corrected chi connectivity index (χ2v) is 8.58. The van der Waals surface area contributed by atoms with Crippen LogP contribution in [0.5, 0.6) is 0 Å². The van der Waals surface area contributed by atoms with Gasteiger partial charge in [0.1, 0.15) is 0 Å². The third-order valence-electron chi connectivity index (χ3n) is 5.71. The van der Waals surface area contributed by atoms with Crippen LogP contribution in [0.2, 0.25) is 0 Å². The van der Waals surface area contributed by atoms with Crippen LogP contribution in [0.3, 0.4) is 0 Å². The summed E-state index contributed by atoms with van der Waals surface area (Å²) in [6.07, 6.45) is 3.95. The number of hydrogen-bond donors (Lipinski definition) is 1. The van der Waals surface area contributed by atoms with Crippen molar-refractivity contribution < 1.29 is 9.53 Å². The molecule has 0 unspecified atom stereocenters. The molecule has 8 heteroatoms. The highest BCUT2D eigenvalue weighted by atomic mass is 32.2. The zero-order valence-electron chi connectivity index (χ0n) is 17.4. The fourth-order valence-electron chi connectivity index (χ4n) is 3.92. The quantitative estimate of drug-likeness (QED) is 0.711. The minimum Gasteiger partial charge on any atom is -0.378 e. The van der Waals surface area contributed by atoms with Crippen LogP contribution in [0, 0.1) is 5.92 Å². The van der Waals surface area contributed by atoms with Gasteiger partial charge in [0, 0.05) is 37.6 Å². The van der Waals surface area contributed by atoms with Gasteiger partial charge in [0.25, 0.3) is 0 Å². The predicted octanol–water partition coefficient (Wildman–Crippen LogP) is 2.57. The summed E-state index contributed by atoms with van der Waals surface area (Å²) in [7, 11) is 0. The van der Waals surface area contributed by atoms with E-state index in [4.69, 9.17) is 4.74 Å². The van der Waals surface area contributed by atoms with Crippen molar-refractivity contribution in [1.29, 1.82) is 0 Å². The Labute approximate surface area is 182 Å². The zero-order chi connectivity index (χ0) is 20.8. The summed E-state index contributed by atoms with van der Waals surface area (Å²) in [5, 5.41) is 12.0. The topological polar surface area (TPSA) is 70.6 Å². The van der Waals surface area contributed by atoms with E-state index in [-0.39, 0.29) is 11.8 Å². The van der Waals surface area contributed by atoms with Gasteiger partial charge in [0.05, 0.1) is 19.1 Å². The first-order valence-corrected chi connectivity index (χ1v) is 11.8. The SMILES string of the molecule is CSc1ccc(CNC(=O)[C@H]2CCCN(c3ccc(N4CCOCC4)nn3)C2)cc1. The molecule has 1 amide bonds. The number of amides is 1. The van der Waals surface area contributed by atoms with Gasteiger partial charge in [0.2, 0.25) is 5.91 Å². The molecular formula is C22H29N5O2S. The van der Waals surface area contributed by atoms with Crippen molar-refractivity contribution in [2.75, 3.05) is 55.4 Å². The summed E-state index contributed by atoms with van der Waals surface area (Å²) < 4.78 is 5.40. The Hall–Kier alpha value is -2.32. The van der Waals surface area contributed by atoms with E-state index in [9.17, 15) is 4.79 Å². The molecule has 0 spiro atoms. The number of thioether (sulfide) groups is 1. The average molecular weight is 428 g/mol. The van der Waals surface area contributed by atoms with E-state index in [2.05, 4.69) is 55.8 Å². The lowest BCUT2D eigenvalue weighted by molar-refractivity contribution is -0.125. The second kappa shape index (κ2) is 10.1. The van der Waals surface area contributed by atoms with Crippen LogP contribution in [0.25, 0.3) is 0 Å². The largest absolute Gasteiger partial charge is 0.378 e. The first-order chi connectivity index (χ1) is 14.7. The molecule has 1 aromatic carbocycles. The van der Waals surface area contributed by atoms with Crippen LogP contribution in [-0.2, 0) is 16.1 Å². The maximum atomic E-state index is 12.7. The molecule has 0 radical (unpaired) electrons. The van der Waals surface area contributed by atoms with Gasteiger partial charge in [-0.15, -0.1) is 22.0 Å². The van der Waals surface area contributed by atoms with E-state index in [1.54, 1.807) is 11.8 Å². The standard InChI is InChI=1S/C22H29N5O2S/c1-30-19-6-4-17(5-7-19)15-23-22(28)18-3-2-10-27(16-18)21-9-8-20(24-25-21)26-11-13-29-14-12-26/h4-9,18H,2-3,10-16H2,1H3,(H,23,28)/t18-/m0/s1. The lowest BCUT2D eigenvalue weighted by Crippen LogP contribution is -2.43. The maximum Gasteiger partial charge on any atom is 0.225 e. The second-order valence-electron chi connectivity index (χ2n) is 7.70. The van der Waals surface area contributed by atoms with Gasteiger partial charge in [-0.05, 0) is 48.9 Å². The Morgan fingerprint density at radius 1 is 1.07 bits per heavy atom. The van der Waals surface area contributed by atoms with E-state index < -0.39 is 0 Å².